The molecule has 0 amide bonds. The highest BCUT2D eigenvalue weighted by atomic mass is 79.9. The average molecular weight is 466 g/mol. The van der Waals surface area contributed by atoms with E-state index < -0.39 is 0 Å². The number of benzene rings is 1. The molecule has 4 heteroatoms. The summed E-state index contributed by atoms with van der Waals surface area (Å²) in [6.45, 7) is 2.28. The summed E-state index contributed by atoms with van der Waals surface area (Å²) in [6, 6.07) is 4.29. The van der Waals surface area contributed by atoms with Gasteiger partial charge >= 0.3 is 0 Å². The summed E-state index contributed by atoms with van der Waals surface area (Å²) in [7, 11) is 1.70. The topological polar surface area (TPSA) is 9.23 Å². The SMILES string of the molecule is CCCCCCCCCCCCc1c(Br)cc(SOC)cc1Br. The molecule has 0 aliphatic rings. The number of rotatable bonds is 13. The Hall–Kier alpha value is 0.490. The van der Waals surface area contributed by atoms with Gasteiger partial charge in [-0.3, -0.25) is 0 Å². The zero-order valence-corrected chi connectivity index (χ0v) is 18.5. The van der Waals surface area contributed by atoms with Crippen molar-refractivity contribution in [1.29, 1.82) is 0 Å². The molecular weight excluding hydrogens is 436 g/mol. The Balaban J connectivity index is 2.16. The van der Waals surface area contributed by atoms with Crippen molar-refractivity contribution >= 4 is 43.9 Å². The van der Waals surface area contributed by atoms with Gasteiger partial charge in [-0.1, -0.05) is 96.6 Å². The minimum absolute atomic E-state index is 1.12. The van der Waals surface area contributed by atoms with Crippen LogP contribution in [0.3, 0.4) is 0 Å². The van der Waals surface area contributed by atoms with Crippen LogP contribution in [-0.2, 0) is 10.6 Å². The fourth-order valence-corrected chi connectivity index (χ4v) is 5.16. The largest absolute Gasteiger partial charge is 0.314 e. The van der Waals surface area contributed by atoms with E-state index in [9.17, 15) is 0 Å². The minimum atomic E-state index is 1.12. The first-order chi connectivity index (χ1) is 11.2. The molecular formula is C19H30Br2OS. The predicted molar refractivity (Wildman–Crippen MR) is 110 cm³/mol. The van der Waals surface area contributed by atoms with Crippen molar-refractivity contribution in [2.45, 2.75) is 82.4 Å². The molecule has 0 aliphatic carbocycles. The second-order valence-electron chi connectivity index (χ2n) is 6.05. The van der Waals surface area contributed by atoms with Gasteiger partial charge in [-0.15, -0.1) is 0 Å². The lowest BCUT2D eigenvalue weighted by Crippen LogP contribution is -1.91. The van der Waals surface area contributed by atoms with Gasteiger partial charge in [-0.2, -0.15) is 0 Å². The first kappa shape index (κ1) is 21.5. The molecule has 0 radical (unpaired) electrons. The zero-order chi connectivity index (χ0) is 16.9. The van der Waals surface area contributed by atoms with Crippen LogP contribution >= 0.6 is 43.9 Å². The Morgan fingerprint density at radius 3 is 1.78 bits per heavy atom. The Labute approximate surface area is 163 Å². The molecule has 132 valence electrons. The van der Waals surface area contributed by atoms with Gasteiger partial charge in [0.25, 0.3) is 0 Å². The van der Waals surface area contributed by atoms with E-state index in [0.29, 0.717) is 0 Å². The smallest absolute Gasteiger partial charge is 0.0508 e. The zero-order valence-electron chi connectivity index (χ0n) is 14.5. The fraction of sp³-hybridized carbons (Fsp3) is 0.684. The maximum Gasteiger partial charge on any atom is 0.0508 e. The van der Waals surface area contributed by atoms with Gasteiger partial charge in [-0.05, 0) is 30.5 Å². The van der Waals surface area contributed by atoms with Crippen LogP contribution in [0.5, 0.6) is 0 Å². The van der Waals surface area contributed by atoms with Crippen LogP contribution in [0, 0.1) is 0 Å². The summed E-state index contributed by atoms with van der Waals surface area (Å²) >= 11 is 8.78. The van der Waals surface area contributed by atoms with E-state index in [4.69, 9.17) is 4.18 Å². The quantitative estimate of drug-likeness (QED) is 0.214. The maximum absolute atomic E-state index is 5.12. The molecule has 0 spiro atoms. The van der Waals surface area contributed by atoms with E-state index in [1.165, 1.54) is 90.8 Å². The summed E-state index contributed by atoms with van der Waals surface area (Å²) in [5, 5.41) is 0. The molecule has 0 N–H and O–H groups in total. The summed E-state index contributed by atoms with van der Waals surface area (Å²) in [5.41, 5.74) is 1.38. The van der Waals surface area contributed by atoms with Gasteiger partial charge in [0, 0.05) is 25.9 Å². The number of unbranched alkanes of at least 4 members (excludes halogenated alkanes) is 9. The van der Waals surface area contributed by atoms with E-state index in [1.807, 2.05) is 0 Å². The van der Waals surface area contributed by atoms with Crippen molar-refractivity contribution in [3.05, 3.63) is 26.6 Å². The average Bonchev–Trinajstić information content (AvgIpc) is 2.51. The molecule has 1 aromatic carbocycles. The first-order valence-electron chi connectivity index (χ1n) is 8.87. The number of halogens is 2. The summed E-state index contributed by atoms with van der Waals surface area (Å²) in [4.78, 5) is 1.12. The molecule has 1 nitrogen and oxygen atoms in total. The Kier molecular flexibility index (Phi) is 12.9. The van der Waals surface area contributed by atoms with E-state index in [2.05, 4.69) is 50.9 Å². The lowest BCUT2D eigenvalue weighted by Gasteiger charge is -2.10. The molecule has 1 aromatic rings. The second-order valence-corrected chi connectivity index (χ2v) is 8.73. The van der Waals surface area contributed by atoms with Crippen LogP contribution in [0.4, 0.5) is 0 Å². The van der Waals surface area contributed by atoms with Crippen molar-refractivity contribution in [2.75, 3.05) is 7.11 Å². The highest BCUT2D eigenvalue weighted by molar-refractivity contribution is 9.11. The molecule has 0 aromatic heterocycles. The van der Waals surface area contributed by atoms with Crippen molar-refractivity contribution < 1.29 is 4.18 Å². The summed E-state index contributed by atoms with van der Waals surface area (Å²) in [6.07, 6.45) is 15.0. The molecule has 23 heavy (non-hydrogen) atoms. The third kappa shape index (κ3) is 9.52. The first-order valence-corrected chi connectivity index (χ1v) is 11.2. The van der Waals surface area contributed by atoms with E-state index >= 15 is 0 Å². The molecule has 0 saturated heterocycles. The predicted octanol–water partition coefficient (Wildman–Crippen LogP) is 8.33. The molecule has 0 bridgehead atoms. The van der Waals surface area contributed by atoms with Crippen LogP contribution in [0.15, 0.2) is 26.0 Å². The molecule has 0 saturated carbocycles. The third-order valence-electron chi connectivity index (χ3n) is 4.07. The molecule has 0 fully saturated rings. The van der Waals surface area contributed by atoms with Gasteiger partial charge in [0.05, 0.1) is 7.11 Å². The third-order valence-corrected chi connectivity index (χ3v) is 6.08. The lowest BCUT2D eigenvalue weighted by atomic mass is 10.0. The monoisotopic (exact) mass is 464 g/mol. The van der Waals surface area contributed by atoms with Crippen molar-refractivity contribution in [3.63, 3.8) is 0 Å². The van der Waals surface area contributed by atoms with Crippen molar-refractivity contribution in [1.82, 2.24) is 0 Å². The molecule has 0 aliphatic heterocycles. The standard InChI is InChI=1S/C19H30Br2OS/c1-3-4-5-6-7-8-9-10-11-12-13-17-18(20)14-16(23-22-2)15-19(17)21/h14-15H,3-13H2,1-2H3. The highest BCUT2D eigenvalue weighted by Crippen LogP contribution is 2.33. The number of hydrogen-bond donors (Lipinski definition) is 0. The molecule has 0 unspecified atom stereocenters. The normalized spacial score (nSPS) is 11.1. The van der Waals surface area contributed by atoms with Gasteiger partial charge in [0.1, 0.15) is 0 Å². The Morgan fingerprint density at radius 2 is 1.30 bits per heavy atom. The van der Waals surface area contributed by atoms with Gasteiger partial charge < -0.3 is 4.18 Å². The van der Waals surface area contributed by atoms with Gasteiger partial charge in [0.15, 0.2) is 0 Å². The van der Waals surface area contributed by atoms with Crippen molar-refractivity contribution in [2.24, 2.45) is 0 Å². The fourth-order valence-electron chi connectivity index (χ4n) is 2.75. The van der Waals surface area contributed by atoms with Crippen LogP contribution in [0.1, 0.15) is 76.7 Å². The van der Waals surface area contributed by atoms with Crippen LogP contribution in [0.25, 0.3) is 0 Å². The van der Waals surface area contributed by atoms with E-state index in [1.54, 1.807) is 7.11 Å². The van der Waals surface area contributed by atoms with Crippen LogP contribution in [-0.4, -0.2) is 7.11 Å². The maximum atomic E-state index is 5.12. The number of hydrogen-bond acceptors (Lipinski definition) is 2. The van der Waals surface area contributed by atoms with E-state index in [0.717, 1.165) is 11.3 Å². The van der Waals surface area contributed by atoms with Crippen LogP contribution in [0.2, 0.25) is 0 Å². The molecule has 1 rings (SSSR count). The van der Waals surface area contributed by atoms with E-state index in [-0.39, 0.29) is 0 Å². The van der Waals surface area contributed by atoms with Gasteiger partial charge in [-0.25, -0.2) is 0 Å². The Morgan fingerprint density at radius 1 is 0.826 bits per heavy atom. The highest BCUT2D eigenvalue weighted by Gasteiger charge is 2.08. The second kappa shape index (κ2) is 13.7. The minimum Gasteiger partial charge on any atom is -0.314 e. The van der Waals surface area contributed by atoms with Crippen molar-refractivity contribution in [3.8, 4) is 0 Å². The summed E-state index contributed by atoms with van der Waals surface area (Å²) < 4.78 is 7.49. The molecule has 0 heterocycles. The Bertz CT molecular complexity index is 414. The lowest BCUT2D eigenvalue weighted by molar-refractivity contribution is 0.489. The summed E-state index contributed by atoms with van der Waals surface area (Å²) in [5.74, 6) is 0. The van der Waals surface area contributed by atoms with Gasteiger partial charge in [0.2, 0.25) is 0 Å². The van der Waals surface area contributed by atoms with Crippen LogP contribution < -0.4 is 0 Å². The molecule has 0 atom stereocenters.